The molecule has 0 fully saturated rings. The van der Waals surface area contributed by atoms with Crippen molar-refractivity contribution in [3.63, 3.8) is 0 Å². The third kappa shape index (κ3) is 8.43. The Hall–Kier alpha value is -2.40. The van der Waals surface area contributed by atoms with Crippen molar-refractivity contribution in [1.82, 2.24) is 0 Å². The molecule has 0 radical (unpaired) electrons. The number of hydrogen-bond donors (Lipinski definition) is 3. The molecular formula is C20H18F6N2O4Se2. The molecule has 0 saturated carbocycles. The number of rotatable bonds is 5. The molecule has 0 aliphatic carbocycles. The van der Waals surface area contributed by atoms with Gasteiger partial charge in [-0.05, 0) is 0 Å². The number of amides is 2. The topological polar surface area (TPSA) is 87.7 Å². The molecule has 0 saturated heterocycles. The van der Waals surface area contributed by atoms with E-state index >= 15 is 0 Å². The van der Waals surface area contributed by atoms with Gasteiger partial charge in [0.15, 0.2) is 0 Å². The van der Waals surface area contributed by atoms with Crippen molar-refractivity contribution in [2.24, 2.45) is 0 Å². The standard InChI is InChI=1S/C20H18F6N2O4Se2/c1-18(2,3)32-17(31)28-13-7-5-11(20(24,25)26)9-15(13)34-33-14-8-10(19(21,22)23)4-6-12(14)27-16(29)30/h4-9,27H,1-3H3,(H,28,31)(H,29,30). The predicted octanol–water partition coefficient (Wildman–Crippen LogP) is 4.44. The summed E-state index contributed by atoms with van der Waals surface area (Å²) in [6.07, 6.45) is -11.8. The van der Waals surface area contributed by atoms with Gasteiger partial charge in [0.25, 0.3) is 0 Å². The van der Waals surface area contributed by atoms with Gasteiger partial charge in [-0.2, -0.15) is 0 Å². The van der Waals surface area contributed by atoms with Crippen LogP contribution in [0.2, 0.25) is 0 Å². The first-order chi connectivity index (χ1) is 15.5. The van der Waals surface area contributed by atoms with Crippen LogP contribution in [0.5, 0.6) is 0 Å². The summed E-state index contributed by atoms with van der Waals surface area (Å²) in [6.45, 7) is 4.79. The summed E-state index contributed by atoms with van der Waals surface area (Å²) in [6, 6.07) is 5.05. The fraction of sp³-hybridized carbons (Fsp3) is 0.300. The first-order valence-corrected chi connectivity index (χ1v) is 15.3. The third-order valence-electron chi connectivity index (χ3n) is 3.72. The van der Waals surface area contributed by atoms with Crippen LogP contribution < -0.4 is 19.6 Å². The number of carboxylic acid groups (broad SMARTS) is 1. The Morgan fingerprint density at radius 3 is 1.56 bits per heavy atom. The van der Waals surface area contributed by atoms with E-state index in [-0.39, 0.29) is 20.3 Å². The molecule has 0 aromatic heterocycles. The van der Waals surface area contributed by atoms with E-state index in [1.807, 2.05) is 5.32 Å². The van der Waals surface area contributed by atoms with Crippen LogP contribution in [0.1, 0.15) is 31.9 Å². The Bertz CT molecular complexity index is 1070. The number of benzene rings is 2. The molecule has 0 unspecified atom stereocenters. The maximum atomic E-state index is 13.2. The molecule has 186 valence electrons. The van der Waals surface area contributed by atoms with Gasteiger partial charge in [-0.3, -0.25) is 0 Å². The van der Waals surface area contributed by atoms with Gasteiger partial charge in [-0.15, -0.1) is 0 Å². The first-order valence-electron chi connectivity index (χ1n) is 9.22. The minimum absolute atomic E-state index is 0.00496. The van der Waals surface area contributed by atoms with Gasteiger partial charge in [-0.25, -0.2) is 0 Å². The fourth-order valence-corrected chi connectivity index (χ4v) is 9.31. The molecule has 0 aliphatic heterocycles. The van der Waals surface area contributed by atoms with Crippen molar-refractivity contribution in [2.45, 2.75) is 38.7 Å². The number of carbonyl (C=O) groups is 2. The van der Waals surface area contributed by atoms with E-state index in [9.17, 15) is 35.9 Å². The Labute approximate surface area is 201 Å². The van der Waals surface area contributed by atoms with Crippen LogP contribution in [-0.4, -0.2) is 49.2 Å². The summed E-state index contributed by atoms with van der Waals surface area (Å²) >= 11 is -1.77. The molecule has 2 aromatic carbocycles. The van der Waals surface area contributed by atoms with Crippen LogP contribution in [0.15, 0.2) is 36.4 Å². The van der Waals surface area contributed by atoms with Crippen LogP contribution in [0, 0.1) is 0 Å². The van der Waals surface area contributed by atoms with E-state index < -0.39 is 67.5 Å². The Morgan fingerprint density at radius 1 is 0.794 bits per heavy atom. The molecular weight excluding hydrogens is 604 g/mol. The minimum atomic E-state index is -4.70. The summed E-state index contributed by atoms with van der Waals surface area (Å²) < 4.78 is 84.3. The average Bonchev–Trinajstić information content (AvgIpc) is 2.64. The van der Waals surface area contributed by atoms with Gasteiger partial charge in [0.05, 0.1) is 0 Å². The Morgan fingerprint density at radius 2 is 1.21 bits per heavy atom. The van der Waals surface area contributed by atoms with Crippen molar-refractivity contribution in [3.05, 3.63) is 47.5 Å². The van der Waals surface area contributed by atoms with Crippen molar-refractivity contribution in [2.75, 3.05) is 10.6 Å². The molecule has 2 amide bonds. The second-order valence-corrected chi connectivity index (χ2v) is 13.8. The van der Waals surface area contributed by atoms with Crippen LogP contribution in [-0.2, 0) is 17.1 Å². The number of alkyl halides is 6. The third-order valence-corrected chi connectivity index (χ3v) is 10.9. The van der Waals surface area contributed by atoms with Crippen LogP contribution in [0.3, 0.4) is 0 Å². The molecule has 0 heterocycles. The number of carbonyl (C=O) groups excluding carboxylic acids is 1. The summed E-state index contributed by atoms with van der Waals surface area (Å²) in [7, 11) is 0. The van der Waals surface area contributed by atoms with Gasteiger partial charge >= 0.3 is 201 Å². The van der Waals surface area contributed by atoms with E-state index in [1.165, 1.54) is 0 Å². The number of ether oxygens (including phenoxy) is 1. The molecule has 34 heavy (non-hydrogen) atoms. The zero-order valence-corrected chi connectivity index (χ0v) is 21.1. The SMILES string of the molecule is CC(C)(C)OC(=O)Nc1ccc(C(F)(F)F)cc1[Se][Se]c1cc(C(F)(F)F)ccc1NC(=O)O. The van der Waals surface area contributed by atoms with E-state index in [0.29, 0.717) is 6.07 Å². The molecule has 0 spiro atoms. The van der Waals surface area contributed by atoms with Gasteiger partial charge in [0, 0.05) is 0 Å². The van der Waals surface area contributed by atoms with Crippen molar-refractivity contribution < 1.29 is 45.8 Å². The van der Waals surface area contributed by atoms with Crippen LogP contribution in [0.25, 0.3) is 0 Å². The van der Waals surface area contributed by atoms with Gasteiger partial charge in [0.2, 0.25) is 0 Å². The van der Waals surface area contributed by atoms with Crippen molar-refractivity contribution in [1.29, 1.82) is 0 Å². The average molecular weight is 622 g/mol. The molecule has 0 atom stereocenters. The van der Waals surface area contributed by atoms with E-state index in [0.717, 1.165) is 30.3 Å². The van der Waals surface area contributed by atoms with Gasteiger partial charge < -0.3 is 0 Å². The Kier molecular flexibility index (Phi) is 8.57. The van der Waals surface area contributed by atoms with E-state index in [2.05, 4.69) is 5.32 Å². The fourth-order valence-electron chi connectivity index (χ4n) is 2.36. The molecule has 2 rings (SSSR count). The summed E-state index contributed by atoms with van der Waals surface area (Å²) in [4.78, 5) is 23.1. The Balaban J connectivity index is 2.42. The van der Waals surface area contributed by atoms with Gasteiger partial charge in [-0.1, -0.05) is 0 Å². The van der Waals surface area contributed by atoms with Crippen LogP contribution >= 0.6 is 0 Å². The van der Waals surface area contributed by atoms with Crippen molar-refractivity contribution in [3.8, 4) is 0 Å². The first kappa shape index (κ1) is 27.8. The second kappa shape index (κ2) is 10.5. The summed E-state index contributed by atoms with van der Waals surface area (Å²) in [5.74, 6) is 0. The monoisotopic (exact) mass is 624 g/mol. The molecule has 0 bridgehead atoms. The normalized spacial score (nSPS) is 12.3. The molecule has 14 heteroatoms. The second-order valence-electron chi connectivity index (χ2n) is 7.64. The maximum absolute atomic E-state index is 13.2. The zero-order valence-electron chi connectivity index (χ0n) is 17.7. The number of hydrogen-bond acceptors (Lipinski definition) is 3. The zero-order chi connectivity index (χ0) is 25.9. The van der Waals surface area contributed by atoms with Gasteiger partial charge in [0.1, 0.15) is 0 Å². The van der Waals surface area contributed by atoms with Crippen LogP contribution in [0.4, 0.5) is 47.3 Å². The molecule has 2 aromatic rings. The number of anilines is 2. The number of halogens is 6. The molecule has 0 aliphatic rings. The quantitative estimate of drug-likeness (QED) is 0.340. The molecule has 3 N–H and O–H groups in total. The van der Waals surface area contributed by atoms with Crippen molar-refractivity contribution >= 4 is 58.7 Å². The van der Waals surface area contributed by atoms with E-state index in [1.54, 1.807) is 20.8 Å². The number of nitrogens with one attached hydrogen (secondary N) is 2. The predicted molar refractivity (Wildman–Crippen MR) is 115 cm³/mol. The summed E-state index contributed by atoms with van der Waals surface area (Å²) in [5, 5.41) is 13.3. The summed E-state index contributed by atoms with van der Waals surface area (Å²) in [5.41, 5.74) is -2.98. The molecule has 6 nitrogen and oxygen atoms in total. The van der Waals surface area contributed by atoms with E-state index in [4.69, 9.17) is 9.84 Å².